The number of nitrogens with two attached hydrogens (primary N) is 1. The fourth-order valence-corrected chi connectivity index (χ4v) is 1.64. The largest absolute Gasteiger partial charge is 0.462 e. The van der Waals surface area contributed by atoms with Crippen molar-refractivity contribution in [3.05, 3.63) is 27.7 Å². The minimum absolute atomic E-state index is 0.138. The Bertz CT molecular complexity index is 469. The number of esters is 1. The molecule has 6 heteroatoms. The van der Waals surface area contributed by atoms with Gasteiger partial charge in [0.1, 0.15) is 0 Å². The molecule has 0 heterocycles. The maximum Gasteiger partial charge on any atom is 0.340 e. The smallest absolute Gasteiger partial charge is 0.340 e. The van der Waals surface area contributed by atoms with Crippen molar-refractivity contribution in [1.82, 2.24) is 0 Å². The molecule has 0 atom stereocenters. The Labute approximate surface area is 109 Å². The lowest BCUT2D eigenvalue weighted by Crippen LogP contribution is -2.09. The van der Waals surface area contributed by atoms with E-state index in [-0.39, 0.29) is 22.9 Å². The van der Waals surface area contributed by atoms with Gasteiger partial charge in [0.05, 0.1) is 28.9 Å². The lowest BCUT2D eigenvalue weighted by molar-refractivity contribution is 0.0503. The van der Waals surface area contributed by atoms with Crippen molar-refractivity contribution in [3.8, 4) is 6.07 Å². The summed E-state index contributed by atoms with van der Waals surface area (Å²) >= 11 is 11.5. The fraction of sp³-hybridized carbons (Fsp3) is 0.273. The Balaban J connectivity index is 2.73. The van der Waals surface area contributed by atoms with Gasteiger partial charge in [-0.25, -0.2) is 4.79 Å². The molecule has 0 aromatic heterocycles. The molecule has 0 aliphatic rings. The summed E-state index contributed by atoms with van der Waals surface area (Å²) in [6.45, 7) is 0.163. The zero-order valence-electron chi connectivity index (χ0n) is 8.87. The Morgan fingerprint density at radius 3 is 2.82 bits per heavy atom. The molecule has 0 aliphatic heterocycles. The molecule has 17 heavy (non-hydrogen) atoms. The number of nitriles is 1. The van der Waals surface area contributed by atoms with Gasteiger partial charge in [-0.2, -0.15) is 5.26 Å². The number of anilines is 1. The molecule has 1 rings (SSSR count). The molecule has 1 aromatic rings. The Kier molecular flexibility index (Phi) is 5.08. The van der Waals surface area contributed by atoms with Crippen LogP contribution in [0.25, 0.3) is 0 Å². The van der Waals surface area contributed by atoms with E-state index in [4.69, 9.17) is 38.9 Å². The average Bonchev–Trinajstić information content (AvgIpc) is 2.29. The van der Waals surface area contributed by atoms with Gasteiger partial charge in [0.2, 0.25) is 0 Å². The maximum atomic E-state index is 11.6. The predicted octanol–water partition coefficient (Wildman–Crippen LogP) is 3.04. The Morgan fingerprint density at radius 1 is 1.47 bits per heavy atom. The van der Waals surface area contributed by atoms with E-state index in [1.165, 1.54) is 12.1 Å². The van der Waals surface area contributed by atoms with Crippen LogP contribution in [0.5, 0.6) is 0 Å². The summed E-state index contributed by atoms with van der Waals surface area (Å²) in [5.41, 5.74) is 5.92. The number of benzene rings is 1. The fourth-order valence-electron chi connectivity index (χ4n) is 1.15. The van der Waals surface area contributed by atoms with Crippen molar-refractivity contribution < 1.29 is 9.53 Å². The number of rotatable bonds is 4. The standard InChI is InChI=1S/C11H10Cl2N2O2/c12-7-5-8(10(15)9(13)6-7)11(16)17-4-2-1-3-14/h5-6H,1-2,4,15H2. The van der Waals surface area contributed by atoms with Crippen LogP contribution in [-0.4, -0.2) is 12.6 Å². The highest BCUT2D eigenvalue weighted by atomic mass is 35.5. The molecule has 0 radical (unpaired) electrons. The molecule has 0 fully saturated rings. The van der Waals surface area contributed by atoms with Crippen LogP contribution in [0.4, 0.5) is 5.69 Å². The van der Waals surface area contributed by atoms with Gasteiger partial charge in [-0.3, -0.25) is 0 Å². The first-order chi connectivity index (χ1) is 8.06. The van der Waals surface area contributed by atoms with Gasteiger partial charge in [-0.15, -0.1) is 0 Å². The van der Waals surface area contributed by atoms with Crippen molar-refractivity contribution in [2.24, 2.45) is 0 Å². The first-order valence-electron chi connectivity index (χ1n) is 4.85. The van der Waals surface area contributed by atoms with Gasteiger partial charge in [0, 0.05) is 11.4 Å². The summed E-state index contributed by atoms with van der Waals surface area (Å²) in [6, 6.07) is 4.80. The molecule has 0 spiro atoms. The molecule has 0 amide bonds. The van der Waals surface area contributed by atoms with Gasteiger partial charge in [0.15, 0.2) is 0 Å². The van der Waals surface area contributed by atoms with Crippen LogP contribution < -0.4 is 5.73 Å². The zero-order valence-corrected chi connectivity index (χ0v) is 10.4. The SMILES string of the molecule is N#CCCCOC(=O)c1cc(Cl)cc(Cl)c1N. The summed E-state index contributed by atoms with van der Waals surface area (Å²) in [5, 5.41) is 8.84. The van der Waals surface area contributed by atoms with E-state index >= 15 is 0 Å². The lowest BCUT2D eigenvalue weighted by Gasteiger charge is -2.08. The normalized spacial score (nSPS) is 9.71. The second-order valence-corrected chi connectivity index (χ2v) is 4.09. The van der Waals surface area contributed by atoms with Crippen molar-refractivity contribution >= 4 is 34.9 Å². The molecular formula is C11H10Cl2N2O2. The quantitative estimate of drug-likeness (QED) is 0.519. The van der Waals surface area contributed by atoms with E-state index in [0.717, 1.165) is 0 Å². The molecule has 90 valence electrons. The molecule has 2 N–H and O–H groups in total. The number of unbranched alkanes of at least 4 members (excludes halogenated alkanes) is 1. The summed E-state index contributed by atoms with van der Waals surface area (Å²) in [4.78, 5) is 11.6. The van der Waals surface area contributed by atoms with E-state index < -0.39 is 5.97 Å². The van der Waals surface area contributed by atoms with Crippen molar-refractivity contribution in [2.45, 2.75) is 12.8 Å². The Hall–Kier alpha value is -1.44. The number of halogens is 2. The van der Waals surface area contributed by atoms with Crippen LogP contribution in [0.15, 0.2) is 12.1 Å². The Morgan fingerprint density at radius 2 is 2.18 bits per heavy atom. The lowest BCUT2D eigenvalue weighted by atomic mass is 10.2. The van der Waals surface area contributed by atoms with Crippen LogP contribution in [0, 0.1) is 11.3 Å². The summed E-state index contributed by atoms with van der Waals surface area (Å²) in [7, 11) is 0. The van der Waals surface area contributed by atoms with Crippen LogP contribution >= 0.6 is 23.2 Å². The molecule has 0 saturated heterocycles. The van der Waals surface area contributed by atoms with E-state index in [2.05, 4.69) is 0 Å². The number of nitrogen functional groups attached to an aromatic ring is 1. The van der Waals surface area contributed by atoms with Crippen molar-refractivity contribution in [3.63, 3.8) is 0 Å². The molecule has 0 aliphatic carbocycles. The number of carbonyl (C=O) groups excluding carboxylic acids is 1. The first kappa shape index (κ1) is 13.6. The number of hydrogen-bond acceptors (Lipinski definition) is 4. The zero-order chi connectivity index (χ0) is 12.8. The molecule has 1 aromatic carbocycles. The van der Waals surface area contributed by atoms with E-state index in [1.54, 1.807) is 0 Å². The van der Waals surface area contributed by atoms with Gasteiger partial charge < -0.3 is 10.5 Å². The summed E-state index contributed by atoms with van der Waals surface area (Å²) in [5.74, 6) is -0.593. The molecule has 0 bridgehead atoms. The first-order valence-corrected chi connectivity index (χ1v) is 5.60. The van der Waals surface area contributed by atoms with E-state index in [0.29, 0.717) is 17.9 Å². The van der Waals surface area contributed by atoms with Gasteiger partial charge >= 0.3 is 5.97 Å². The molecular weight excluding hydrogens is 263 g/mol. The molecule has 0 unspecified atom stereocenters. The highest BCUT2D eigenvalue weighted by molar-refractivity contribution is 6.37. The van der Waals surface area contributed by atoms with Gasteiger partial charge in [-0.1, -0.05) is 23.2 Å². The monoisotopic (exact) mass is 272 g/mol. The van der Waals surface area contributed by atoms with E-state index in [1.807, 2.05) is 6.07 Å². The van der Waals surface area contributed by atoms with Crippen LogP contribution in [0.1, 0.15) is 23.2 Å². The molecule has 0 saturated carbocycles. The maximum absolute atomic E-state index is 11.6. The highest BCUT2D eigenvalue weighted by Crippen LogP contribution is 2.28. The summed E-state index contributed by atoms with van der Waals surface area (Å²) in [6.07, 6.45) is 0.815. The molecule has 4 nitrogen and oxygen atoms in total. The highest BCUT2D eigenvalue weighted by Gasteiger charge is 2.14. The second kappa shape index (κ2) is 6.33. The third kappa shape index (κ3) is 3.81. The number of hydrogen-bond donors (Lipinski definition) is 1. The van der Waals surface area contributed by atoms with Crippen molar-refractivity contribution in [1.29, 1.82) is 5.26 Å². The minimum Gasteiger partial charge on any atom is -0.462 e. The summed E-state index contributed by atoms with van der Waals surface area (Å²) < 4.78 is 4.93. The van der Waals surface area contributed by atoms with Crippen LogP contribution in [0.3, 0.4) is 0 Å². The number of nitrogens with zero attached hydrogens (tertiary/aromatic N) is 1. The van der Waals surface area contributed by atoms with Crippen LogP contribution in [-0.2, 0) is 4.74 Å². The second-order valence-electron chi connectivity index (χ2n) is 3.25. The third-order valence-corrected chi connectivity index (χ3v) is 2.51. The minimum atomic E-state index is -0.593. The topological polar surface area (TPSA) is 76.1 Å². The number of ether oxygens (including phenoxy) is 1. The number of carbonyl (C=O) groups is 1. The van der Waals surface area contributed by atoms with Crippen molar-refractivity contribution in [2.75, 3.05) is 12.3 Å². The van der Waals surface area contributed by atoms with E-state index in [9.17, 15) is 4.79 Å². The predicted molar refractivity (Wildman–Crippen MR) is 66.0 cm³/mol. The third-order valence-electron chi connectivity index (χ3n) is 1.98. The van der Waals surface area contributed by atoms with Gasteiger partial charge in [0.25, 0.3) is 0 Å². The van der Waals surface area contributed by atoms with Crippen LogP contribution in [0.2, 0.25) is 10.0 Å². The average molecular weight is 273 g/mol. The van der Waals surface area contributed by atoms with Gasteiger partial charge in [-0.05, 0) is 18.6 Å².